The number of para-hydroxylation sites is 1. The first-order chi connectivity index (χ1) is 17.6. The molecule has 1 aliphatic rings. The highest BCUT2D eigenvalue weighted by molar-refractivity contribution is 5.85. The van der Waals surface area contributed by atoms with Crippen LogP contribution in [0.1, 0.15) is 36.3 Å². The van der Waals surface area contributed by atoms with Gasteiger partial charge in [0.05, 0.1) is 0 Å². The maximum Gasteiger partial charge on any atom is 0.294 e. The second-order valence-corrected chi connectivity index (χ2v) is 8.39. The third-order valence-electron chi connectivity index (χ3n) is 5.92. The lowest BCUT2D eigenvalue weighted by atomic mass is 10.1. The maximum atomic E-state index is 13.1. The number of fused-ring (bicyclic) bond motifs is 1. The van der Waals surface area contributed by atoms with Crippen molar-refractivity contribution in [2.45, 2.75) is 38.8 Å². The molecular weight excluding hydrogens is 496 g/mol. The molecule has 0 fully saturated rings. The molecule has 0 aliphatic carbocycles. The van der Waals surface area contributed by atoms with E-state index in [4.69, 9.17) is 4.74 Å². The lowest BCUT2D eigenvalue weighted by Crippen LogP contribution is -2.36. The molecule has 2 aromatic heterocycles. The van der Waals surface area contributed by atoms with Gasteiger partial charge in [-0.1, -0.05) is 24.3 Å². The Labute approximate surface area is 221 Å². The predicted molar refractivity (Wildman–Crippen MR) is 142 cm³/mol. The molecule has 0 radical (unpaired) electrons. The van der Waals surface area contributed by atoms with E-state index in [-0.39, 0.29) is 48.8 Å². The maximum absolute atomic E-state index is 13.1. The monoisotopic (exact) mass is 526 g/mol. The van der Waals surface area contributed by atoms with Crippen LogP contribution in [-0.2, 0) is 29.0 Å². The van der Waals surface area contributed by atoms with Crippen LogP contribution >= 0.6 is 12.4 Å². The van der Waals surface area contributed by atoms with Crippen LogP contribution in [0, 0.1) is 0 Å². The number of carbonyl (C=O) groups is 2. The fourth-order valence-electron chi connectivity index (χ4n) is 4.15. The second kappa shape index (κ2) is 13.4. The summed E-state index contributed by atoms with van der Waals surface area (Å²) in [5.74, 6) is 0.284. The van der Waals surface area contributed by atoms with Crippen LogP contribution < -0.4 is 26.2 Å². The molecule has 0 saturated heterocycles. The summed E-state index contributed by atoms with van der Waals surface area (Å²) in [7, 11) is 0. The zero-order chi connectivity index (χ0) is 25.3. The SMILES string of the molecule is CCNC(=O)COc1ccccc1CNC(=O)[C@@H]1CCc2cnc(NCCc3ccccn3)c(=O)n21.Cl. The van der Waals surface area contributed by atoms with E-state index in [1.807, 2.05) is 37.3 Å². The van der Waals surface area contributed by atoms with E-state index in [2.05, 4.69) is 25.9 Å². The average molecular weight is 527 g/mol. The highest BCUT2D eigenvalue weighted by Crippen LogP contribution is 2.24. The van der Waals surface area contributed by atoms with Crippen molar-refractivity contribution < 1.29 is 14.3 Å². The van der Waals surface area contributed by atoms with Gasteiger partial charge in [-0.2, -0.15) is 0 Å². The highest BCUT2D eigenvalue weighted by atomic mass is 35.5. The molecule has 4 rings (SSSR count). The second-order valence-electron chi connectivity index (χ2n) is 8.39. The molecule has 0 unspecified atom stereocenters. The Morgan fingerprint density at radius 1 is 1.11 bits per heavy atom. The fourth-order valence-corrected chi connectivity index (χ4v) is 4.15. The van der Waals surface area contributed by atoms with Crippen molar-refractivity contribution in [3.63, 3.8) is 0 Å². The largest absolute Gasteiger partial charge is 0.483 e. The van der Waals surface area contributed by atoms with Crippen LogP contribution in [-0.4, -0.2) is 46.0 Å². The number of nitrogens with one attached hydrogen (secondary N) is 3. The smallest absolute Gasteiger partial charge is 0.294 e. The molecule has 0 saturated carbocycles. The van der Waals surface area contributed by atoms with Crippen LogP contribution in [0.2, 0.25) is 0 Å². The van der Waals surface area contributed by atoms with Gasteiger partial charge in [-0.15, -0.1) is 12.4 Å². The number of aryl methyl sites for hydroxylation is 1. The minimum Gasteiger partial charge on any atom is -0.483 e. The lowest BCUT2D eigenvalue weighted by Gasteiger charge is -2.17. The number of nitrogens with zero attached hydrogens (tertiary/aromatic N) is 3. The van der Waals surface area contributed by atoms with Crippen molar-refractivity contribution in [2.24, 2.45) is 0 Å². The molecule has 0 bridgehead atoms. The average Bonchev–Trinajstić information content (AvgIpc) is 3.34. The lowest BCUT2D eigenvalue weighted by molar-refractivity contribution is -0.124. The van der Waals surface area contributed by atoms with E-state index in [9.17, 15) is 14.4 Å². The van der Waals surface area contributed by atoms with E-state index >= 15 is 0 Å². The molecule has 0 spiro atoms. The topological polar surface area (TPSA) is 127 Å². The first-order valence-corrected chi connectivity index (χ1v) is 12.1. The van der Waals surface area contributed by atoms with Crippen LogP contribution in [0.4, 0.5) is 5.82 Å². The molecule has 10 nitrogen and oxygen atoms in total. The van der Waals surface area contributed by atoms with Gasteiger partial charge >= 0.3 is 0 Å². The number of hydrogen-bond acceptors (Lipinski definition) is 7. The summed E-state index contributed by atoms with van der Waals surface area (Å²) in [6.45, 7) is 2.98. The molecule has 3 heterocycles. The van der Waals surface area contributed by atoms with Gasteiger partial charge in [-0.05, 0) is 38.0 Å². The Bertz CT molecular complexity index is 1270. The van der Waals surface area contributed by atoms with Crippen molar-refractivity contribution in [1.29, 1.82) is 0 Å². The van der Waals surface area contributed by atoms with Crippen LogP contribution in [0.25, 0.3) is 0 Å². The summed E-state index contributed by atoms with van der Waals surface area (Å²) >= 11 is 0. The first kappa shape index (κ1) is 27.7. The van der Waals surface area contributed by atoms with Gasteiger partial charge in [0, 0.05) is 55.4 Å². The quantitative estimate of drug-likeness (QED) is 0.349. The zero-order valence-electron chi connectivity index (χ0n) is 20.6. The Hall–Kier alpha value is -3.92. The number of amides is 2. The van der Waals surface area contributed by atoms with Gasteiger partial charge in [-0.25, -0.2) is 4.98 Å². The number of rotatable bonds is 11. The molecule has 11 heteroatoms. The Balaban J connectivity index is 0.00000380. The van der Waals surface area contributed by atoms with E-state index in [0.29, 0.717) is 38.1 Å². The van der Waals surface area contributed by atoms with Crippen molar-refractivity contribution >= 4 is 30.0 Å². The highest BCUT2D eigenvalue weighted by Gasteiger charge is 2.30. The van der Waals surface area contributed by atoms with Crippen molar-refractivity contribution in [1.82, 2.24) is 25.2 Å². The Kier molecular flexibility index (Phi) is 10.0. The summed E-state index contributed by atoms with van der Waals surface area (Å²) in [4.78, 5) is 46.5. The molecule has 196 valence electrons. The van der Waals surface area contributed by atoms with Gasteiger partial charge in [0.1, 0.15) is 11.8 Å². The molecule has 1 aliphatic heterocycles. The van der Waals surface area contributed by atoms with Gasteiger partial charge in [0.25, 0.3) is 11.5 Å². The number of likely N-dealkylation sites (N-methyl/N-ethyl adjacent to an activating group) is 1. The Morgan fingerprint density at radius 3 is 2.70 bits per heavy atom. The van der Waals surface area contributed by atoms with Crippen LogP contribution in [0.3, 0.4) is 0 Å². The molecule has 1 aromatic carbocycles. The molecular formula is C26H31ClN6O4. The van der Waals surface area contributed by atoms with E-state index < -0.39 is 6.04 Å². The van der Waals surface area contributed by atoms with E-state index in [1.165, 1.54) is 4.57 Å². The minimum absolute atomic E-state index is 0. The van der Waals surface area contributed by atoms with Crippen LogP contribution in [0.5, 0.6) is 5.75 Å². The number of hydrogen-bond donors (Lipinski definition) is 3. The normalized spacial score (nSPS) is 13.7. The number of benzene rings is 1. The molecule has 1 atom stereocenters. The van der Waals surface area contributed by atoms with Gasteiger partial charge < -0.3 is 20.7 Å². The van der Waals surface area contributed by atoms with Gasteiger partial charge in [0.15, 0.2) is 12.4 Å². The number of aromatic nitrogens is 3. The van der Waals surface area contributed by atoms with E-state index in [0.717, 1.165) is 17.0 Å². The van der Waals surface area contributed by atoms with Crippen LogP contribution in [0.15, 0.2) is 59.7 Å². The fraction of sp³-hybridized carbons (Fsp3) is 0.346. The molecule has 2 amide bonds. The number of pyridine rings is 1. The molecule has 3 aromatic rings. The summed E-state index contributed by atoms with van der Waals surface area (Å²) in [6.07, 6.45) is 5.16. The van der Waals surface area contributed by atoms with Crippen molar-refractivity contribution in [3.05, 3.63) is 82.2 Å². The number of halogens is 1. The first-order valence-electron chi connectivity index (χ1n) is 12.1. The minimum atomic E-state index is -0.616. The van der Waals surface area contributed by atoms with Crippen molar-refractivity contribution in [2.75, 3.05) is 25.0 Å². The summed E-state index contributed by atoms with van der Waals surface area (Å²) < 4.78 is 7.16. The number of anilines is 1. The third kappa shape index (κ3) is 7.07. The van der Waals surface area contributed by atoms with Gasteiger partial charge in [-0.3, -0.25) is 23.9 Å². The summed E-state index contributed by atoms with van der Waals surface area (Å²) in [5.41, 5.74) is 2.09. The predicted octanol–water partition coefficient (Wildman–Crippen LogP) is 2.03. The number of ether oxygens (including phenoxy) is 1. The van der Waals surface area contributed by atoms with Gasteiger partial charge in [0.2, 0.25) is 5.91 Å². The summed E-state index contributed by atoms with van der Waals surface area (Å²) in [5, 5.41) is 8.68. The molecule has 37 heavy (non-hydrogen) atoms. The molecule has 3 N–H and O–H groups in total. The summed E-state index contributed by atoms with van der Waals surface area (Å²) in [6, 6.07) is 12.3. The van der Waals surface area contributed by atoms with E-state index in [1.54, 1.807) is 24.5 Å². The third-order valence-corrected chi connectivity index (χ3v) is 5.92. The van der Waals surface area contributed by atoms with Crippen molar-refractivity contribution in [3.8, 4) is 5.75 Å². The standard InChI is InChI=1S/C26H30N6O4.ClH/c1-2-27-23(33)17-36-22-9-4-3-7-18(22)15-31-25(34)21-11-10-20-16-30-24(26(35)32(20)21)29-14-12-19-8-5-6-13-28-19;/h3-9,13,16,21H,2,10-12,14-15,17H2,1H3,(H,27,33)(H,29,30)(H,31,34);1H/t21-;/m0./s1. The number of carbonyl (C=O) groups excluding carboxylic acids is 2. The zero-order valence-corrected chi connectivity index (χ0v) is 21.4. The Morgan fingerprint density at radius 2 is 1.92 bits per heavy atom.